The van der Waals surface area contributed by atoms with Crippen LogP contribution in [-0.4, -0.2) is 58.6 Å². The minimum atomic E-state index is -1.69. The van der Waals surface area contributed by atoms with Crippen LogP contribution in [0.5, 0.6) is 0 Å². The second-order valence-corrected chi connectivity index (χ2v) is 4.35. The van der Waals surface area contributed by atoms with Gasteiger partial charge >= 0.3 is 5.69 Å². The molecule has 0 amide bonds. The van der Waals surface area contributed by atoms with Crippen molar-refractivity contribution in [2.75, 3.05) is 20.8 Å². The summed E-state index contributed by atoms with van der Waals surface area (Å²) in [6.45, 7) is -0.626. The lowest BCUT2D eigenvalue weighted by molar-refractivity contribution is -0.269. The van der Waals surface area contributed by atoms with Gasteiger partial charge in [-0.2, -0.15) is 0 Å². The van der Waals surface area contributed by atoms with E-state index in [-0.39, 0.29) is 0 Å². The molecule has 0 bridgehead atoms. The van der Waals surface area contributed by atoms with Crippen LogP contribution in [0.4, 0.5) is 0 Å². The van der Waals surface area contributed by atoms with Gasteiger partial charge in [-0.25, -0.2) is 4.79 Å². The van der Waals surface area contributed by atoms with Gasteiger partial charge in [-0.1, -0.05) is 0 Å². The van der Waals surface area contributed by atoms with Gasteiger partial charge in [0, 0.05) is 26.5 Å². The molecule has 112 valence electrons. The molecule has 3 N–H and O–H groups in total. The largest absolute Gasteiger partial charge is 0.391 e. The fraction of sp³-hybridized carbons (Fsp3) is 0.636. The number of nitrogens with zero attached hydrogens (tertiary/aromatic N) is 1. The predicted molar refractivity (Wildman–Crippen MR) is 65.1 cm³/mol. The zero-order valence-electron chi connectivity index (χ0n) is 11.0. The molecule has 9 nitrogen and oxygen atoms in total. The number of rotatable bonds is 4. The van der Waals surface area contributed by atoms with Crippen molar-refractivity contribution in [1.29, 1.82) is 0 Å². The van der Waals surface area contributed by atoms with Crippen LogP contribution < -0.4 is 11.2 Å². The maximum absolute atomic E-state index is 11.8. The number of methoxy groups -OCH3 is 2. The van der Waals surface area contributed by atoms with Crippen LogP contribution in [0.25, 0.3) is 0 Å². The van der Waals surface area contributed by atoms with Crippen LogP contribution in [0, 0.1) is 0 Å². The molecule has 2 rings (SSSR count). The number of aliphatic hydroxyl groups is 2. The number of ether oxygens (including phenoxy) is 3. The van der Waals surface area contributed by atoms with Gasteiger partial charge in [0.15, 0.2) is 6.23 Å². The molecule has 1 aromatic heterocycles. The molecule has 1 fully saturated rings. The molecular formula is C11H16N2O7. The number of hydrogen-bond acceptors (Lipinski definition) is 7. The highest BCUT2D eigenvalue weighted by atomic mass is 16.7. The average Bonchev–Trinajstić information content (AvgIpc) is 2.71. The molecule has 0 saturated carbocycles. The van der Waals surface area contributed by atoms with E-state index in [4.69, 9.17) is 14.2 Å². The molecule has 4 atom stereocenters. The average molecular weight is 288 g/mol. The van der Waals surface area contributed by atoms with E-state index in [1.54, 1.807) is 0 Å². The van der Waals surface area contributed by atoms with Crippen LogP contribution in [0.15, 0.2) is 21.9 Å². The molecule has 0 unspecified atom stereocenters. The highest BCUT2D eigenvalue weighted by Crippen LogP contribution is 2.38. The van der Waals surface area contributed by atoms with Gasteiger partial charge in [0.1, 0.15) is 18.8 Å². The highest BCUT2D eigenvalue weighted by molar-refractivity contribution is 4.98. The number of H-pyrrole nitrogens is 1. The van der Waals surface area contributed by atoms with Crippen molar-refractivity contribution < 1.29 is 24.4 Å². The van der Waals surface area contributed by atoms with Crippen molar-refractivity contribution >= 4 is 0 Å². The minimum absolute atomic E-state index is 0.557. The Morgan fingerprint density at radius 1 is 1.50 bits per heavy atom. The highest BCUT2D eigenvalue weighted by Gasteiger charge is 2.56. The number of nitrogens with one attached hydrogen (secondary N) is 1. The predicted octanol–water partition coefficient (Wildman–Crippen LogP) is -2.22. The summed E-state index contributed by atoms with van der Waals surface area (Å²) in [5.74, 6) is -1.69. The van der Waals surface area contributed by atoms with E-state index >= 15 is 0 Å². The van der Waals surface area contributed by atoms with Crippen molar-refractivity contribution in [1.82, 2.24) is 9.55 Å². The van der Waals surface area contributed by atoms with Crippen molar-refractivity contribution in [3.05, 3.63) is 33.1 Å². The molecule has 1 aromatic rings. The van der Waals surface area contributed by atoms with E-state index in [0.717, 1.165) is 10.6 Å². The summed E-state index contributed by atoms with van der Waals surface area (Å²) in [4.78, 5) is 24.9. The lowest BCUT2D eigenvalue weighted by Gasteiger charge is -2.27. The number of aromatic nitrogens is 2. The summed E-state index contributed by atoms with van der Waals surface area (Å²) >= 11 is 0. The third-order valence-corrected chi connectivity index (χ3v) is 3.33. The molecule has 1 aliphatic rings. The van der Waals surface area contributed by atoms with Gasteiger partial charge < -0.3 is 24.4 Å². The van der Waals surface area contributed by atoms with Crippen LogP contribution in [0.1, 0.15) is 6.23 Å². The van der Waals surface area contributed by atoms with E-state index < -0.39 is 42.1 Å². The maximum atomic E-state index is 11.8. The fourth-order valence-corrected chi connectivity index (χ4v) is 2.20. The molecule has 9 heteroatoms. The summed E-state index contributed by atoms with van der Waals surface area (Å²) in [6.07, 6.45) is -2.10. The van der Waals surface area contributed by atoms with Gasteiger partial charge in [0.2, 0.25) is 5.79 Å². The molecular weight excluding hydrogens is 272 g/mol. The van der Waals surface area contributed by atoms with E-state index in [0.29, 0.717) is 0 Å². The topological polar surface area (TPSA) is 123 Å². The Bertz CT molecular complexity index is 577. The van der Waals surface area contributed by atoms with Crippen LogP contribution in [-0.2, 0) is 14.2 Å². The van der Waals surface area contributed by atoms with Gasteiger partial charge in [0.25, 0.3) is 5.56 Å². The van der Waals surface area contributed by atoms with Gasteiger partial charge in [-0.05, 0) is 0 Å². The fourth-order valence-electron chi connectivity index (χ4n) is 2.20. The van der Waals surface area contributed by atoms with Gasteiger partial charge in [-0.15, -0.1) is 0 Å². The first-order valence-corrected chi connectivity index (χ1v) is 5.85. The lowest BCUT2D eigenvalue weighted by atomic mass is 10.1. The monoisotopic (exact) mass is 288 g/mol. The molecule has 0 radical (unpaired) electrons. The molecule has 20 heavy (non-hydrogen) atoms. The quantitative estimate of drug-likeness (QED) is 0.573. The second-order valence-electron chi connectivity index (χ2n) is 4.35. The number of hydrogen-bond donors (Lipinski definition) is 3. The zero-order valence-corrected chi connectivity index (χ0v) is 11.0. The Labute approximate surface area is 113 Å². The van der Waals surface area contributed by atoms with E-state index in [9.17, 15) is 19.8 Å². The Kier molecular flexibility index (Phi) is 4.06. The summed E-state index contributed by atoms with van der Waals surface area (Å²) < 4.78 is 16.6. The second kappa shape index (κ2) is 5.46. The van der Waals surface area contributed by atoms with E-state index in [1.165, 1.54) is 20.4 Å². The summed E-state index contributed by atoms with van der Waals surface area (Å²) in [7, 11) is 2.58. The Morgan fingerprint density at radius 2 is 2.20 bits per heavy atom. The third-order valence-electron chi connectivity index (χ3n) is 3.33. The van der Waals surface area contributed by atoms with Gasteiger partial charge in [-0.3, -0.25) is 14.3 Å². The molecule has 0 aliphatic carbocycles. The Balaban J connectivity index is 2.46. The summed E-state index contributed by atoms with van der Waals surface area (Å²) in [5, 5.41) is 19.5. The van der Waals surface area contributed by atoms with Crippen LogP contribution in [0.3, 0.4) is 0 Å². The first-order valence-electron chi connectivity index (χ1n) is 5.85. The third kappa shape index (κ3) is 2.19. The SMILES string of the molecule is CO[C@H]1[C@H](n2ccc(=O)[nH]c2=O)O[C@@](CO)(OC)[C@H]1O. The maximum Gasteiger partial charge on any atom is 0.330 e. The number of aliphatic hydroxyl groups excluding tert-OH is 2. The standard InChI is InChI=1S/C11H16N2O7/c1-18-7-8(16)11(5-14,19-2)20-9(7)13-4-3-6(15)12-10(13)17/h3-4,7-9,14,16H,5H2,1-2H3,(H,12,15,17)/t7-,8+,9-,11-/m1/s1. The lowest BCUT2D eigenvalue weighted by Crippen LogP contribution is -2.48. The molecule has 2 heterocycles. The summed E-state index contributed by atoms with van der Waals surface area (Å²) in [5.41, 5.74) is -1.28. The van der Waals surface area contributed by atoms with E-state index in [1.807, 2.05) is 0 Å². The minimum Gasteiger partial charge on any atom is -0.391 e. The van der Waals surface area contributed by atoms with Crippen molar-refractivity contribution in [2.45, 2.75) is 24.2 Å². The van der Waals surface area contributed by atoms with Gasteiger partial charge in [0.05, 0.1) is 0 Å². The van der Waals surface area contributed by atoms with Crippen LogP contribution >= 0.6 is 0 Å². The van der Waals surface area contributed by atoms with Crippen molar-refractivity contribution in [2.24, 2.45) is 0 Å². The first kappa shape index (κ1) is 14.9. The normalized spacial score (nSPS) is 33.5. The molecule has 1 aliphatic heterocycles. The first-order chi connectivity index (χ1) is 9.49. The number of aromatic amines is 1. The summed E-state index contributed by atoms with van der Waals surface area (Å²) in [6, 6.07) is 1.13. The smallest absolute Gasteiger partial charge is 0.330 e. The Hall–Kier alpha value is -1.52. The molecule has 1 saturated heterocycles. The molecule has 0 spiro atoms. The molecule has 0 aromatic carbocycles. The van der Waals surface area contributed by atoms with Crippen molar-refractivity contribution in [3.8, 4) is 0 Å². The van der Waals surface area contributed by atoms with Crippen molar-refractivity contribution in [3.63, 3.8) is 0 Å². The zero-order chi connectivity index (χ0) is 14.9. The van der Waals surface area contributed by atoms with E-state index in [2.05, 4.69) is 4.98 Å². The Morgan fingerprint density at radius 3 is 2.70 bits per heavy atom. The van der Waals surface area contributed by atoms with Crippen LogP contribution in [0.2, 0.25) is 0 Å².